The largest absolute Gasteiger partial charge is 0.450 e. The summed E-state index contributed by atoms with van der Waals surface area (Å²) in [4.78, 5) is 32.5. The van der Waals surface area contributed by atoms with Crippen molar-refractivity contribution in [3.05, 3.63) is 53.1 Å². The summed E-state index contributed by atoms with van der Waals surface area (Å²) >= 11 is 0. The fourth-order valence-corrected chi connectivity index (χ4v) is 4.26. The topological polar surface area (TPSA) is 67.7 Å². The molecule has 1 fully saturated rings. The number of carbonyl (C=O) groups excluding carboxylic acids is 2. The predicted molar refractivity (Wildman–Crippen MR) is 109 cm³/mol. The Balaban J connectivity index is 1.42. The Hall–Kier alpha value is -3.04. The van der Waals surface area contributed by atoms with Crippen LogP contribution in [0.3, 0.4) is 0 Å². The van der Waals surface area contributed by atoms with Crippen LogP contribution >= 0.6 is 0 Å². The Morgan fingerprint density at radius 3 is 2.56 bits per heavy atom. The Bertz CT molecular complexity index is 997. The van der Waals surface area contributed by atoms with Crippen LogP contribution in [0.5, 0.6) is 0 Å². The van der Waals surface area contributed by atoms with Gasteiger partial charge in [0.25, 0.3) is 5.91 Å². The molecule has 2 aliphatic rings. The van der Waals surface area contributed by atoms with Crippen molar-refractivity contribution < 1.29 is 27.5 Å². The van der Waals surface area contributed by atoms with Crippen molar-refractivity contribution in [1.29, 1.82) is 0 Å². The van der Waals surface area contributed by atoms with Crippen molar-refractivity contribution >= 4 is 12.0 Å². The highest BCUT2D eigenvalue weighted by Gasteiger charge is 2.32. The van der Waals surface area contributed by atoms with Gasteiger partial charge < -0.3 is 19.1 Å². The van der Waals surface area contributed by atoms with Crippen LogP contribution in [0.1, 0.15) is 46.7 Å². The normalized spacial score (nSPS) is 18.9. The number of rotatable bonds is 3. The third kappa shape index (κ3) is 4.58. The van der Waals surface area contributed by atoms with Crippen LogP contribution in [-0.4, -0.2) is 64.1 Å². The van der Waals surface area contributed by atoms with Gasteiger partial charge in [0, 0.05) is 51.3 Å². The fourth-order valence-electron chi connectivity index (χ4n) is 4.26. The number of aryl methyl sites for hydroxylation is 1. The van der Waals surface area contributed by atoms with Gasteiger partial charge in [-0.1, -0.05) is 18.2 Å². The van der Waals surface area contributed by atoms with Crippen LogP contribution in [0.15, 0.2) is 30.5 Å². The maximum absolute atomic E-state index is 13.1. The van der Waals surface area contributed by atoms with Crippen LogP contribution in [0.2, 0.25) is 0 Å². The molecule has 0 aliphatic carbocycles. The molecule has 1 atom stereocenters. The van der Waals surface area contributed by atoms with Gasteiger partial charge in [-0.25, -0.2) is 9.78 Å². The van der Waals surface area contributed by atoms with Crippen LogP contribution in [0, 0.1) is 0 Å². The van der Waals surface area contributed by atoms with Crippen molar-refractivity contribution in [2.45, 2.75) is 38.4 Å². The zero-order chi connectivity index (χ0) is 22.9. The summed E-state index contributed by atoms with van der Waals surface area (Å²) in [5.41, 5.74) is 0.320. The van der Waals surface area contributed by atoms with Crippen LogP contribution in [-0.2, 0) is 23.9 Å². The highest BCUT2D eigenvalue weighted by molar-refractivity contribution is 5.92. The van der Waals surface area contributed by atoms with E-state index >= 15 is 0 Å². The van der Waals surface area contributed by atoms with E-state index in [-0.39, 0.29) is 17.9 Å². The first-order valence-electron chi connectivity index (χ1n) is 10.7. The molecular formula is C22H25F3N4O3. The van der Waals surface area contributed by atoms with E-state index in [1.165, 1.54) is 12.1 Å². The molecule has 7 nitrogen and oxygen atoms in total. The summed E-state index contributed by atoms with van der Waals surface area (Å²) in [7, 11) is 0. The summed E-state index contributed by atoms with van der Waals surface area (Å²) in [5, 5.41) is 0. The van der Waals surface area contributed by atoms with Gasteiger partial charge in [0.1, 0.15) is 11.5 Å². The van der Waals surface area contributed by atoms with Crippen LogP contribution in [0.25, 0.3) is 0 Å². The van der Waals surface area contributed by atoms with Gasteiger partial charge in [-0.3, -0.25) is 4.79 Å². The molecule has 2 aromatic rings. The number of fused-ring (bicyclic) bond motifs is 1. The lowest BCUT2D eigenvalue weighted by molar-refractivity contribution is -0.137. The number of imidazole rings is 1. The first-order valence-corrected chi connectivity index (χ1v) is 10.7. The van der Waals surface area contributed by atoms with Gasteiger partial charge >= 0.3 is 12.3 Å². The van der Waals surface area contributed by atoms with Crippen molar-refractivity contribution in [1.82, 2.24) is 19.4 Å². The van der Waals surface area contributed by atoms with Gasteiger partial charge in [-0.2, -0.15) is 13.2 Å². The molecule has 2 aliphatic heterocycles. The molecule has 0 bridgehead atoms. The van der Waals surface area contributed by atoms with E-state index < -0.39 is 11.7 Å². The summed E-state index contributed by atoms with van der Waals surface area (Å²) < 4.78 is 46.1. The standard InChI is InChI=1S/C22H25F3N4O3/c1-2-32-21(31)28-10-8-27(9-11-28)20(30)18-14-29-13-16(6-7-19(29)26-18)15-4-3-5-17(12-15)22(23,24)25/h3-5,12,14,16H,2,6-11,13H2,1H3/t16-/m1/s1. The molecule has 3 heterocycles. The average molecular weight is 450 g/mol. The molecule has 32 heavy (non-hydrogen) atoms. The summed E-state index contributed by atoms with van der Waals surface area (Å²) in [6, 6.07) is 5.44. The quantitative estimate of drug-likeness (QED) is 0.718. The Kier molecular flexibility index (Phi) is 6.12. The zero-order valence-corrected chi connectivity index (χ0v) is 17.8. The number of hydrogen-bond acceptors (Lipinski definition) is 4. The van der Waals surface area contributed by atoms with Gasteiger partial charge in [-0.15, -0.1) is 0 Å². The van der Waals surface area contributed by atoms with Crippen molar-refractivity contribution in [2.24, 2.45) is 0 Å². The summed E-state index contributed by atoms with van der Waals surface area (Å²) in [6.07, 6.45) is -1.80. The number of ether oxygens (including phenoxy) is 1. The fraction of sp³-hybridized carbons (Fsp3) is 0.500. The number of nitrogens with zero attached hydrogens (tertiary/aromatic N) is 4. The Morgan fingerprint density at radius 2 is 1.88 bits per heavy atom. The van der Waals surface area contributed by atoms with Crippen molar-refractivity contribution in [2.75, 3.05) is 32.8 Å². The molecule has 1 aromatic carbocycles. The maximum Gasteiger partial charge on any atom is 0.416 e. The van der Waals surface area contributed by atoms with Gasteiger partial charge in [0.05, 0.1) is 12.2 Å². The highest BCUT2D eigenvalue weighted by Crippen LogP contribution is 2.34. The SMILES string of the molecule is CCOC(=O)N1CCN(C(=O)c2cn3c(n2)CC[C@@H](c2cccc(C(F)(F)F)c2)C3)CC1. The smallest absolute Gasteiger partial charge is 0.416 e. The molecule has 0 saturated carbocycles. The van der Waals surface area contributed by atoms with Crippen molar-refractivity contribution in [3.63, 3.8) is 0 Å². The maximum atomic E-state index is 13.1. The number of halogens is 3. The second-order valence-electron chi connectivity index (χ2n) is 8.03. The molecule has 0 unspecified atom stereocenters. The molecule has 10 heteroatoms. The lowest BCUT2D eigenvalue weighted by atomic mass is 9.90. The predicted octanol–water partition coefficient (Wildman–Crippen LogP) is 3.55. The number of aromatic nitrogens is 2. The van der Waals surface area contributed by atoms with Gasteiger partial charge in [-0.05, 0) is 25.0 Å². The number of carbonyl (C=O) groups is 2. The second kappa shape index (κ2) is 8.84. The van der Waals surface area contributed by atoms with E-state index in [2.05, 4.69) is 4.98 Å². The van der Waals surface area contributed by atoms with Crippen LogP contribution in [0.4, 0.5) is 18.0 Å². The number of amides is 2. The third-order valence-corrected chi connectivity index (χ3v) is 5.99. The van der Waals surface area contributed by atoms with Crippen LogP contribution < -0.4 is 0 Å². The van der Waals surface area contributed by atoms with E-state index in [1.54, 1.807) is 29.0 Å². The number of hydrogen-bond donors (Lipinski definition) is 0. The number of alkyl halides is 3. The lowest BCUT2D eigenvalue weighted by Gasteiger charge is -2.33. The summed E-state index contributed by atoms with van der Waals surface area (Å²) in [5.74, 6) is 0.489. The molecule has 0 N–H and O–H groups in total. The van der Waals surface area contributed by atoms with Gasteiger partial charge in [0.2, 0.25) is 0 Å². The third-order valence-electron chi connectivity index (χ3n) is 5.99. The first-order chi connectivity index (χ1) is 15.3. The minimum Gasteiger partial charge on any atom is -0.450 e. The van der Waals surface area contributed by atoms with E-state index in [0.29, 0.717) is 63.4 Å². The summed E-state index contributed by atoms with van der Waals surface area (Å²) in [6.45, 7) is 4.12. The molecule has 2 amide bonds. The second-order valence-corrected chi connectivity index (χ2v) is 8.03. The van der Waals surface area contributed by atoms with Gasteiger partial charge in [0.15, 0.2) is 0 Å². The number of benzene rings is 1. The molecule has 172 valence electrons. The lowest BCUT2D eigenvalue weighted by Crippen LogP contribution is -2.50. The molecule has 1 saturated heterocycles. The molecular weight excluding hydrogens is 425 g/mol. The minimum atomic E-state index is -4.37. The first kappa shape index (κ1) is 22.2. The Labute approximate surface area is 183 Å². The zero-order valence-electron chi connectivity index (χ0n) is 17.8. The van der Waals surface area contributed by atoms with E-state index in [1.807, 2.05) is 4.57 Å². The molecule has 0 spiro atoms. The monoisotopic (exact) mass is 450 g/mol. The highest BCUT2D eigenvalue weighted by atomic mass is 19.4. The minimum absolute atomic E-state index is 0.0740. The average Bonchev–Trinajstić information content (AvgIpc) is 3.22. The van der Waals surface area contributed by atoms with E-state index in [0.717, 1.165) is 11.9 Å². The van der Waals surface area contributed by atoms with E-state index in [4.69, 9.17) is 4.74 Å². The Morgan fingerprint density at radius 1 is 1.16 bits per heavy atom. The number of piperazine rings is 1. The molecule has 4 rings (SSSR count). The molecule has 0 radical (unpaired) electrons. The van der Waals surface area contributed by atoms with E-state index in [9.17, 15) is 22.8 Å². The molecule has 1 aromatic heterocycles. The van der Waals surface area contributed by atoms with Crippen molar-refractivity contribution in [3.8, 4) is 0 Å².